The summed E-state index contributed by atoms with van der Waals surface area (Å²) >= 11 is 0.831. The molecule has 0 bridgehead atoms. The normalized spacial score (nSPS) is 12.1. The number of nitriles is 1. The number of nitrogens with zero attached hydrogens (tertiary/aromatic N) is 3. The van der Waals surface area contributed by atoms with E-state index in [2.05, 4.69) is 15.3 Å². The fraction of sp³-hybridized carbons (Fsp3) is 0.143. The Kier molecular flexibility index (Phi) is 6.37. The summed E-state index contributed by atoms with van der Waals surface area (Å²) in [5.74, 6) is -0.424. The van der Waals surface area contributed by atoms with Crippen LogP contribution in [0.15, 0.2) is 65.8 Å². The lowest BCUT2D eigenvalue weighted by Gasteiger charge is -2.14. The maximum absolute atomic E-state index is 13.3. The summed E-state index contributed by atoms with van der Waals surface area (Å²) in [4.78, 5) is 20.2. The van der Waals surface area contributed by atoms with Crippen LogP contribution in [0, 0.1) is 11.3 Å². The van der Waals surface area contributed by atoms with Gasteiger partial charge in [-0.2, -0.15) is 18.4 Å². The van der Waals surface area contributed by atoms with Crippen LogP contribution in [0.2, 0.25) is 0 Å². The highest BCUT2D eigenvalue weighted by Gasteiger charge is 2.34. The van der Waals surface area contributed by atoms with E-state index in [1.54, 1.807) is 61.5 Å². The Bertz CT molecular complexity index is 1080. The predicted octanol–water partition coefficient (Wildman–Crippen LogP) is 5.15. The molecule has 1 atom stereocenters. The number of carbonyl (C=O) groups is 1. The number of alkyl halides is 3. The number of aromatic nitrogens is 2. The molecule has 3 rings (SSSR count). The van der Waals surface area contributed by atoms with E-state index >= 15 is 0 Å². The number of benzene rings is 2. The third kappa shape index (κ3) is 5.36. The van der Waals surface area contributed by atoms with Crippen LogP contribution in [-0.4, -0.2) is 21.1 Å². The van der Waals surface area contributed by atoms with Gasteiger partial charge in [-0.25, -0.2) is 9.97 Å². The lowest BCUT2D eigenvalue weighted by atomic mass is 10.1. The highest BCUT2D eigenvalue weighted by Crippen LogP contribution is 2.33. The largest absolute Gasteiger partial charge is 0.433 e. The molecular weight excluding hydrogens is 413 g/mol. The molecule has 0 aliphatic carbocycles. The van der Waals surface area contributed by atoms with Crippen LogP contribution in [-0.2, 0) is 11.0 Å². The molecule has 0 saturated carbocycles. The van der Waals surface area contributed by atoms with Crippen molar-refractivity contribution in [1.29, 1.82) is 5.26 Å². The molecule has 9 heteroatoms. The SMILES string of the molecule is CC(Sc1nc(-c2ccccc2)cc(C(F)(F)F)n1)C(=O)Nc1ccc(C#N)cc1. The number of anilines is 1. The highest BCUT2D eigenvalue weighted by molar-refractivity contribution is 8.00. The van der Waals surface area contributed by atoms with Crippen molar-refractivity contribution in [2.75, 3.05) is 5.32 Å². The van der Waals surface area contributed by atoms with Crippen molar-refractivity contribution in [2.24, 2.45) is 0 Å². The van der Waals surface area contributed by atoms with Crippen LogP contribution in [0.1, 0.15) is 18.2 Å². The average Bonchev–Trinajstić information content (AvgIpc) is 2.74. The third-order valence-corrected chi connectivity index (χ3v) is 4.96. The first-order chi connectivity index (χ1) is 14.3. The molecule has 0 fully saturated rings. The number of amides is 1. The fourth-order valence-corrected chi connectivity index (χ4v) is 3.25. The van der Waals surface area contributed by atoms with Gasteiger partial charge in [0.15, 0.2) is 5.16 Å². The zero-order chi connectivity index (χ0) is 21.7. The molecule has 1 unspecified atom stereocenters. The second kappa shape index (κ2) is 8.97. The molecule has 0 aliphatic rings. The first-order valence-corrected chi connectivity index (χ1v) is 9.63. The van der Waals surface area contributed by atoms with E-state index in [9.17, 15) is 18.0 Å². The fourth-order valence-electron chi connectivity index (χ4n) is 2.46. The molecule has 0 spiro atoms. The highest BCUT2D eigenvalue weighted by atomic mass is 32.2. The Morgan fingerprint density at radius 2 is 1.77 bits per heavy atom. The Balaban J connectivity index is 1.81. The van der Waals surface area contributed by atoms with Gasteiger partial charge in [0, 0.05) is 11.3 Å². The minimum Gasteiger partial charge on any atom is -0.325 e. The standard InChI is InChI=1S/C21H15F3N4OS/c1-13(19(29)26-16-9-7-14(12-25)8-10-16)30-20-27-17(15-5-3-2-4-6-15)11-18(28-20)21(22,23)24/h2-11,13H,1H3,(H,26,29). The smallest absolute Gasteiger partial charge is 0.325 e. The number of hydrogen-bond donors (Lipinski definition) is 1. The average molecular weight is 428 g/mol. The van der Waals surface area contributed by atoms with E-state index in [4.69, 9.17) is 5.26 Å². The van der Waals surface area contributed by atoms with Gasteiger partial charge in [-0.15, -0.1) is 0 Å². The minimum atomic E-state index is -4.64. The van der Waals surface area contributed by atoms with Crippen molar-refractivity contribution < 1.29 is 18.0 Å². The van der Waals surface area contributed by atoms with E-state index in [1.807, 2.05) is 6.07 Å². The second-order valence-electron chi connectivity index (χ2n) is 6.22. The molecule has 0 saturated heterocycles. The summed E-state index contributed by atoms with van der Waals surface area (Å²) in [6.45, 7) is 1.55. The molecule has 152 valence electrons. The van der Waals surface area contributed by atoms with Crippen molar-refractivity contribution in [3.05, 3.63) is 71.9 Å². The number of thioether (sulfide) groups is 1. The van der Waals surface area contributed by atoms with E-state index in [1.165, 1.54) is 0 Å². The number of carbonyl (C=O) groups excluding carboxylic acids is 1. The van der Waals surface area contributed by atoms with Crippen LogP contribution >= 0.6 is 11.8 Å². The summed E-state index contributed by atoms with van der Waals surface area (Å²) in [6.07, 6.45) is -4.64. The monoisotopic (exact) mass is 428 g/mol. The molecule has 1 heterocycles. The summed E-state index contributed by atoms with van der Waals surface area (Å²) in [5.41, 5.74) is 0.489. The summed E-state index contributed by atoms with van der Waals surface area (Å²) in [7, 11) is 0. The van der Waals surface area contributed by atoms with Crippen molar-refractivity contribution >= 4 is 23.4 Å². The van der Waals surface area contributed by atoms with Gasteiger partial charge >= 0.3 is 6.18 Å². The Morgan fingerprint density at radius 3 is 2.37 bits per heavy atom. The molecule has 1 N–H and O–H groups in total. The zero-order valence-corrected chi connectivity index (χ0v) is 16.5. The van der Waals surface area contributed by atoms with Gasteiger partial charge < -0.3 is 5.32 Å². The van der Waals surface area contributed by atoms with Crippen molar-refractivity contribution in [2.45, 2.75) is 23.5 Å². The van der Waals surface area contributed by atoms with Gasteiger partial charge in [0.05, 0.1) is 22.6 Å². The van der Waals surface area contributed by atoms with Crippen LogP contribution in [0.4, 0.5) is 18.9 Å². The van der Waals surface area contributed by atoms with Crippen LogP contribution in [0.5, 0.6) is 0 Å². The topological polar surface area (TPSA) is 78.7 Å². The molecule has 3 aromatic rings. The molecule has 1 amide bonds. The van der Waals surface area contributed by atoms with Crippen LogP contribution in [0.25, 0.3) is 11.3 Å². The van der Waals surface area contributed by atoms with Crippen LogP contribution < -0.4 is 5.32 Å². The van der Waals surface area contributed by atoms with Gasteiger partial charge in [0.25, 0.3) is 0 Å². The number of hydrogen-bond acceptors (Lipinski definition) is 5. The van der Waals surface area contributed by atoms with Crippen molar-refractivity contribution in [3.8, 4) is 17.3 Å². The molecule has 5 nitrogen and oxygen atoms in total. The van der Waals surface area contributed by atoms with Gasteiger partial charge in [0.2, 0.25) is 5.91 Å². The number of nitrogens with one attached hydrogen (secondary N) is 1. The maximum atomic E-state index is 13.3. The Hall–Kier alpha value is -3.38. The summed E-state index contributed by atoms with van der Waals surface area (Å²) in [5, 5.41) is 10.6. The lowest BCUT2D eigenvalue weighted by Crippen LogP contribution is -2.23. The minimum absolute atomic E-state index is 0.125. The quantitative estimate of drug-likeness (QED) is 0.449. The van der Waals surface area contributed by atoms with E-state index in [0.717, 1.165) is 17.8 Å². The first-order valence-electron chi connectivity index (χ1n) is 8.75. The molecule has 0 radical (unpaired) electrons. The van der Waals surface area contributed by atoms with E-state index in [-0.39, 0.29) is 10.9 Å². The third-order valence-electron chi connectivity index (χ3n) is 4.00. The Labute approximate surface area is 175 Å². The second-order valence-corrected chi connectivity index (χ2v) is 7.53. The summed E-state index contributed by atoms with van der Waals surface area (Å²) in [6, 6.07) is 17.6. The van der Waals surface area contributed by atoms with Crippen LogP contribution in [0.3, 0.4) is 0 Å². The molecule has 2 aromatic carbocycles. The maximum Gasteiger partial charge on any atom is 0.433 e. The van der Waals surface area contributed by atoms with Gasteiger partial charge in [0.1, 0.15) is 5.69 Å². The molecule has 1 aromatic heterocycles. The molecule has 30 heavy (non-hydrogen) atoms. The molecular formula is C21H15F3N4OS. The zero-order valence-electron chi connectivity index (χ0n) is 15.6. The van der Waals surface area contributed by atoms with Crippen molar-refractivity contribution in [1.82, 2.24) is 9.97 Å². The van der Waals surface area contributed by atoms with Gasteiger partial charge in [-0.1, -0.05) is 42.1 Å². The van der Waals surface area contributed by atoms with Gasteiger partial charge in [-0.05, 0) is 37.3 Å². The molecule has 0 aliphatic heterocycles. The first kappa shape index (κ1) is 21.3. The van der Waals surface area contributed by atoms with Gasteiger partial charge in [-0.3, -0.25) is 4.79 Å². The number of rotatable bonds is 5. The Morgan fingerprint density at radius 1 is 1.10 bits per heavy atom. The summed E-state index contributed by atoms with van der Waals surface area (Å²) < 4.78 is 39.9. The number of halogens is 3. The lowest BCUT2D eigenvalue weighted by molar-refractivity contribution is -0.141. The van der Waals surface area contributed by atoms with E-state index < -0.39 is 23.0 Å². The van der Waals surface area contributed by atoms with Crippen molar-refractivity contribution in [3.63, 3.8) is 0 Å². The van der Waals surface area contributed by atoms with E-state index in [0.29, 0.717) is 16.8 Å². The predicted molar refractivity (Wildman–Crippen MR) is 108 cm³/mol.